The van der Waals surface area contributed by atoms with Crippen molar-refractivity contribution in [3.05, 3.63) is 35.9 Å². The zero-order chi connectivity index (χ0) is 13.5. The van der Waals surface area contributed by atoms with Gasteiger partial charge in [0.1, 0.15) is 11.6 Å². The van der Waals surface area contributed by atoms with Crippen LogP contribution in [0.25, 0.3) is 0 Å². The van der Waals surface area contributed by atoms with Crippen LogP contribution in [0, 0.1) is 0 Å². The van der Waals surface area contributed by atoms with E-state index in [2.05, 4.69) is 5.32 Å². The SMILES string of the molecule is CCC1C(=O)NC2(CC2)C(=O)N1Cc1ccccc1. The summed E-state index contributed by atoms with van der Waals surface area (Å²) in [5, 5.41) is 2.90. The zero-order valence-electron chi connectivity index (χ0n) is 11.1. The second-order valence-electron chi connectivity index (χ2n) is 5.41. The standard InChI is InChI=1S/C15H18N2O2/c1-2-12-13(18)16-15(8-9-15)14(19)17(12)10-11-6-4-3-5-7-11/h3-7,12H,2,8-10H2,1H3,(H,16,18). The third-order valence-electron chi connectivity index (χ3n) is 4.04. The molecule has 0 radical (unpaired) electrons. The van der Waals surface area contributed by atoms with Crippen LogP contribution >= 0.6 is 0 Å². The first-order valence-corrected chi connectivity index (χ1v) is 6.83. The molecule has 0 aromatic heterocycles. The molecule has 2 amide bonds. The summed E-state index contributed by atoms with van der Waals surface area (Å²) >= 11 is 0. The molecule has 1 aliphatic carbocycles. The molecule has 1 aliphatic heterocycles. The molecule has 19 heavy (non-hydrogen) atoms. The Morgan fingerprint density at radius 2 is 1.95 bits per heavy atom. The number of amides is 2. The molecule has 1 unspecified atom stereocenters. The van der Waals surface area contributed by atoms with Gasteiger partial charge < -0.3 is 10.2 Å². The van der Waals surface area contributed by atoms with Gasteiger partial charge >= 0.3 is 0 Å². The quantitative estimate of drug-likeness (QED) is 0.892. The van der Waals surface area contributed by atoms with Crippen molar-refractivity contribution in [2.75, 3.05) is 0 Å². The maximum absolute atomic E-state index is 12.5. The fraction of sp³-hybridized carbons (Fsp3) is 0.467. The van der Waals surface area contributed by atoms with Gasteiger partial charge in [-0.05, 0) is 24.8 Å². The van der Waals surface area contributed by atoms with Gasteiger partial charge in [0.05, 0.1) is 0 Å². The highest BCUT2D eigenvalue weighted by molar-refractivity contribution is 6.01. The van der Waals surface area contributed by atoms with E-state index < -0.39 is 5.54 Å². The first-order valence-electron chi connectivity index (χ1n) is 6.83. The molecule has 1 aromatic rings. The summed E-state index contributed by atoms with van der Waals surface area (Å²) in [6.45, 7) is 2.47. The van der Waals surface area contributed by atoms with E-state index in [-0.39, 0.29) is 17.9 Å². The molecule has 1 saturated heterocycles. The second-order valence-corrected chi connectivity index (χ2v) is 5.41. The summed E-state index contributed by atoms with van der Waals surface area (Å²) in [7, 11) is 0. The summed E-state index contributed by atoms with van der Waals surface area (Å²) in [5.74, 6) is 0.0818. The van der Waals surface area contributed by atoms with E-state index in [1.165, 1.54) is 0 Å². The summed E-state index contributed by atoms with van der Waals surface area (Å²) in [5.41, 5.74) is 0.497. The third-order valence-corrected chi connectivity index (χ3v) is 4.04. The molecule has 3 rings (SSSR count). The van der Waals surface area contributed by atoms with Crippen LogP contribution in [0.1, 0.15) is 31.7 Å². The Morgan fingerprint density at radius 3 is 2.53 bits per heavy atom. The fourth-order valence-corrected chi connectivity index (χ4v) is 2.76. The van der Waals surface area contributed by atoms with Crippen LogP contribution in [-0.4, -0.2) is 28.3 Å². The minimum absolute atomic E-state index is 0.00414. The molecular weight excluding hydrogens is 240 g/mol. The minimum atomic E-state index is -0.572. The number of nitrogens with zero attached hydrogens (tertiary/aromatic N) is 1. The molecule has 0 bridgehead atoms. The van der Waals surface area contributed by atoms with E-state index in [1.807, 2.05) is 37.3 Å². The van der Waals surface area contributed by atoms with Crippen LogP contribution < -0.4 is 5.32 Å². The highest BCUT2D eigenvalue weighted by atomic mass is 16.2. The maximum atomic E-state index is 12.5. The number of hydrogen-bond donors (Lipinski definition) is 1. The van der Waals surface area contributed by atoms with E-state index in [0.29, 0.717) is 13.0 Å². The van der Waals surface area contributed by atoms with Gasteiger partial charge in [-0.25, -0.2) is 0 Å². The largest absolute Gasteiger partial charge is 0.340 e. The molecule has 100 valence electrons. The van der Waals surface area contributed by atoms with Crippen molar-refractivity contribution in [2.24, 2.45) is 0 Å². The van der Waals surface area contributed by atoms with E-state index >= 15 is 0 Å². The highest BCUT2D eigenvalue weighted by Gasteiger charge is 2.58. The normalized spacial score (nSPS) is 24.5. The van der Waals surface area contributed by atoms with E-state index in [9.17, 15) is 9.59 Å². The second kappa shape index (κ2) is 4.37. The van der Waals surface area contributed by atoms with Gasteiger partial charge in [0.25, 0.3) is 0 Å². The molecule has 4 heteroatoms. The van der Waals surface area contributed by atoms with E-state index in [4.69, 9.17) is 0 Å². The Labute approximate surface area is 112 Å². The third kappa shape index (κ3) is 2.01. The predicted octanol–water partition coefficient (Wildman–Crippen LogP) is 1.46. The molecule has 1 aromatic carbocycles. The molecule has 2 aliphatic rings. The first-order chi connectivity index (χ1) is 9.16. The lowest BCUT2D eigenvalue weighted by molar-refractivity contribution is -0.151. The molecule has 1 heterocycles. The van der Waals surface area contributed by atoms with E-state index in [0.717, 1.165) is 18.4 Å². The molecule has 1 saturated carbocycles. The highest BCUT2D eigenvalue weighted by Crippen LogP contribution is 2.40. The number of rotatable bonds is 3. The summed E-state index contributed by atoms with van der Waals surface area (Å²) in [6.07, 6.45) is 2.21. The summed E-state index contributed by atoms with van der Waals surface area (Å²) < 4.78 is 0. The Kier molecular flexibility index (Phi) is 2.81. The van der Waals surface area contributed by atoms with Crippen molar-refractivity contribution in [3.63, 3.8) is 0 Å². The molecule has 1 N–H and O–H groups in total. The Bertz CT molecular complexity index is 508. The Balaban J connectivity index is 1.87. The van der Waals surface area contributed by atoms with Crippen LogP contribution in [0.15, 0.2) is 30.3 Å². The van der Waals surface area contributed by atoms with Crippen LogP contribution in [0.3, 0.4) is 0 Å². The van der Waals surface area contributed by atoms with E-state index in [1.54, 1.807) is 4.90 Å². The van der Waals surface area contributed by atoms with Crippen LogP contribution in [-0.2, 0) is 16.1 Å². The summed E-state index contributed by atoms with van der Waals surface area (Å²) in [4.78, 5) is 26.4. The van der Waals surface area contributed by atoms with Crippen molar-refractivity contribution >= 4 is 11.8 Å². The number of nitrogens with one attached hydrogen (secondary N) is 1. The smallest absolute Gasteiger partial charge is 0.249 e. The van der Waals surface area contributed by atoms with Gasteiger partial charge in [-0.1, -0.05) is 37.3 Å². The molecule has 1 atom stereocenters. The lowest BCUT2D eigenvalue weighted by Gasteiger charge is -2.39. The van der Waals surface area contributed by atoms with Crippen LogP contribution in [0.2, 0.25) is 0 Å². The number of hydrogen-bond acceptors (Lipinski definition) is 2. The number of carbonyl (C=O) groups is 2. The maximum Gasteiger partial charge on any atom is 0.249 e. The van der Waals surface area contributed by atoms with Gasteiger partial charge in [-0.2, -0.15) is 0 Å². The Morgan fingerprint density at radius 1 is 1.26 bits per heavy atom. The van der Waals surface area contributed by atoms with Gasteiger partial charge in [-0.3, -0.25) is 9.59 Å². The number of benzene rings is 1. The van der Waals surface area contributed by atoms with Gasteiger partial charge in [0.15, 0.2) is 0 Å². The minimum Gasteiger partial charge on any atom is -0.340 e. The lowest BCUT2D eigenvalue weighted by atomic mass is 10.0. The van der Waals surface area contributed by atoms with Crippen molar-refractivity contribution in [1.29, 1.82) is 0 Å². The van der Waals surface area contributed by atoms with Crippen LogP contribution in [0.5, 0.6) is 0 Å². The number of carbonyl (C=O) groups excluding carboxylic acids is 2. The summed E-state index contributed by atoms with van der Waals surface area (Å²) in [6, 6.07) is 9.51. The zero-order valence-corrected chi connectivity index (χ0v) is 11.1. The number of piperazine rings is 1. The van der Waals surface area contributed by atoms with Gasteiger partial charge in [0.2, 0.25) is 11.8 Å². The first kappa shape index (κ1) is 12.2. The molecule has 1 spiro atoms. The lowest BCUT2D eigenvalue weighted by Crippen LogP contribution is -2.64. The van der Waals surface area contributed by atoms with Crippen molar-refractivity contribution in [2.45, 2.75) is 44.3 Å². The van der Waals surface area contributed by atoms with Gasteiger partial charge in [-0.15, -0.1) is 0 Å². The average Bonchev–Trinajstić information content (AvgIpc) is 3.18. The van der Waals surface area contributed by atoms with Crippen molar-refractivity contribution in [1.82, 2.24) is 10.2 Å². The van der Waals surface area contributed by atoms with Crippen molar-refractivity contribution < 1.29 is 9.59 Å². The molecular formula is C15H18N2O2. The fourth-order valence-electron chi connectivity index (χ4n) is 2.76. The molecule has 2 fully saturated rings. The van der Waals surface area contributed by atoms with Crippen LogP contribution in [0.4, 0.5) is 0 Å². The monoisotopic (exact) mass is 258 g/mol. The van der Waals surface area contributed by atoms with Crippen molar-refractivity contribution in [3.8, 4) is 0 Å². The van der Waals surface area contributed by atoms with Gasteiger partial charge in [0, 0.05) is 6.54 Å². The Hall–Kier alpha value is -1.84. The topological polar surface area (TPSA) is 49.4 Å². The average molecular weight is 258 g/mol. The predicted molar refractivity (Wildman–Crippen MR) is 71.2 cm³/mol. The molecule has 4 nitrogen and oxygen atoms in total.